The third-order valence-electron chi connectivity index (χ3n) is 3.44. The molecule has 0 bridgehead atoms. The molecular weight excluding hydrogens is 459 g/mol. The standard InChI is InChI=1S/C16H25ClN4O3.HI/c1-18-16(20-7-3-9-23-13-5-10-22-12-13)21-8-11-24-15-14(17)4-2-6-19-15;/h2,4,6,13H,3,5,7-12H2,1H3,(H2,18,20,21);1H. The van der Waals surface area contributed by atoms with Gasteiger partial charge in [0.05, 0.1) is 19.3 Å². The molecule has 0 saturated carbocycles. The van der Waals surface area contributed by atoms with Gasteiger partial charge >= 0.3 is 0 Å². The molecular formula is C16H26ClIN4O3. The predicted molar refractivity (Wildman–Crippen MR) is 109 cm³/mol. The summed E-state index contributed by atoms with van der Waals surface area (Å²) in [6.07, 6.45) is 3.82. The van der Waals surface area contributed by atoms with E-state index in [9.17, 15) is 0 Å². The van der Waals surface area contributed by atoms with E-state index in [2.05, 4.69) is 20.6 Å². The first-order chi connectivity index (χ1) is 11.8. The van der Waals surface area contributed by atoms with Gasteiger partial charge < -0.3 is 24.8 Å². The molecule has 0 radical (unpaired) electrons. The molecule has 9 heteroatoms. The van der Waals surface area contributed by atoms with Crippen molar-refractivity contribution in [1.29, 1.82) is 0 Å². The number of pyridine rings is 1. The van der Waals surface area contributed by atoms with Gasteiger partial charge in [-0.05, 0) is 25.0 Å². The van der Waals surface area contributed by atoms with Crippen LogP contribution in [0.2, 0.25) is 5.02 Å². The SMILES string of the molecule is CN=C(NCCCOC1CCOC1)NCCOc1ncccc1Cl.I. The maximum Gasteiger partial charge on any atom is 0.232 e. The van der Waals surface area contributed by atoms with Gasteiger partial charge in [-0.1, -0.05) is 11.6 Å². The van der Waals surface area contributed by atoms with Gasteiger partial charge in [0.25, 0.3) is 0 Å². The lowest BCUT2D eigenvalue weighted by Crippen LogP contribution is -2.40. The van der Waals surface area contributed by atoms with Crippen LogP contribution in [0.1, 0.15) is 12.8 Å². The fourth-order valence-electron chi connectivity index (χ4n) is 2.19. The minimum absolute atomic E-state index is 0. The van der Waals surface area contributed by atoms with E-state index in [4.69, 9.17) is 25.8 Å². The molecule has 1 aliphatic rings. The number of nitrogens with zero attached hydrogens (tertiary/aromatic N) is 2. The number of hydrogen-bond acceptors (Lipinski definition) is 5. The first-order valence-corrected chi connectivity index (χ1v) is 8.54. The van der Waals surface area contributed by atoms with Gasteiger partial charge in [0.1, 0.15) is 11.6 Å². The number of rotatable bonds is 9. The Balaban J connectivity index is 0.00000312. The lowest BCUT2D eigenvalue weighted by Gasteiger charge is -2.13. The molecule has 1 aromatic heterocycles. The van der Waals surface area contributed by atoms with E-state index >= 15 is 0 Å². The number of ether oxygens (including phenoxy) is 3. The van der Waals surface area contributed by atoms with E-state index in [0.717, 1.165) is 45.2 Å². The quantitative estimate of drug-likeness (QED) is 0.242. The van der Waals surface area contributed by atoms with Crippen LogP contribution in [0, 0.1) is 0 Å². The predicted octanol–water partition coefficient (Wildman–Crippen LogP) is 2.09. The topological polar surface area (TPSA) is 77.0 Å². The Bertz CT molecular complexity index is 516. The molecule has 0 spiro atoms. The summed E-state index contributed by atoms with van der Waals surface area (Å²) in [6.45, 7) is 4.09. The summed E-state index contributed by atoms with van der Waals surface area (Å²) in [4.78, 5) is 8.23. The van der Waals surface area contributed by atoms with Crippen molar-refractivity contribution in [1.82, 2.24) is 15.6 Å². The highest BCUT2D eigenvalue weighted by Crippen LogP contribution is 2.19. The number of aliphatic imine (C=N–C) groups is 1. The first-order valence-electron chi connectivity index (χ1n) is 8.17. The van der Waals surface area contributed by atoms with Crippen molar-refractivity contribution in [3.8, 4) is 5.88 Å². The van der Waals surface area contributed by atoms with E-state index in [1.54, 1.807) is 25.4 Å². The fourth-order valence-corrected chi connectivity index (χ4v) is 2.36. The molecule has 7 nitrogen and oxygen atoms in total. The third kappa shape index (κ3) is 8.89. The molecule has 0 aliphatic carbocycles. The molecule has 142 valence electrons. The zero-order valence-electron chi connectivity index (χ0n) is 14.4. The molecule has 0 aromatic carbocycles. The molecule has 2 rings (SSSR count). The number of hydrogen-bond donors (Lipinski definition) is 2. The Hall–Kier alpha value is -0.840. The molecule has 1 atom stereocenters. The maximum atomic E-state index is 5.97. The van der Waals surface area contributed by atoms with Crippen LogP contribution in [0.3, 0.4) is 0 Å². The highest BCUT2D eigenvalue weighted by Gasteiger charge is 2.15. The molecule has 25 heavy (non-hydrogen) atoms. The van der Waals surface area contributed by atoms with Crippen molar-refractivity contribution in [3.05, 3.63) is 23.4 Å². The minimum Gasteiger partial charge on any atom is -0.475 e. The van der Waals surface area contributed by atoms with Crippen molar-refractivity contribution in [2.75, 3.05) is 46.6 Å². The second-order valence-corrected chi connectivity index (χ2v) is 5.68. The van der Waals surface area contributed by atoms with Crippen LogP contribution in [0.5, 0.6) is 5.88 Å². The summed E-state index contributed by atoms with van der Waals surface area (Å²) in [5.41, 5.74) is 0. The summed E-state index contributed by atoms with van der Waals surface area (Å²) < 4.78 is 16.5. The molecule has 2 N–H and O–H groups in total. The van der Waals surface area contributed by atoms with E-state index in [1.807, 2.05) is 0 Å². The maximum absolute atomic E-state index is 5.97. The molecule has 1 aliphatic heterocycles. The third-order valence-corrected chi connectivity index (χ3v) is 3.72. The zero-order chi connectivity index (χ0) is 17.0. The Labute approximate surface area is 170 Å². The fraction of sp³-hybridized carbons (Fsp3) is 0.625. The van der Waals surface area contributed by atoms with Crippen molar-refractivity contribution < 1.29 is 14.2 Å². The van der Waals surface area contributed by atoms with Crippen LogP contribution < -0.4 is 15.4 Å². The second-order valence-electron chi connectivity index (χ2n) is 5.27. The minimum atomic E-state index is 0. The van der Waals surface area contributed by atoms with E-state index in [1.165, 1.54) is 0 Å². The monoisotopic (exact) mass is 484 g/mol. The highest BCUT2D eigenvalue weighted by molar-refractivity contribution is 14.0. The number of nitrogens with one attached hydrogen (secondary N) is 2. The Morgan fingerprint density at radius 3 is 2.96 bits per heavy atom. The van der Waals surface area contributed by atoms with Crippen LogP contribution in [0.15, 0.2) is 23.3 Å². The highest BCUT2D eigenvalue weighted by atomic mass is 127. The summed E-state index contributed by atoms with van der Waals surface area (Å²) in [6, 6.07) is 3.51. The average molecular weight is 485 g/mol. The zero-order valence-corrected chi connectivity index (χ0v) is 17.5. The Morgan fingerprint density at radius 2 is 2.24 bits per heavy atom. The summed E-state index contributed by atoms with van der Waals surface area (Å²) in [7, 11) is 1.73. The summed E-state index contributed by atoms with van der Waals surface area (Å²) in [5.74, 6) is 1.17. The molecule has 2 heterocycles. The molecule has 1 saturated heterocycles. The molecule has 1 fully saturated rings. The van der Waals surface area contributed by atoms with Crippen molar-refractivity contribution in [2.24, 2.45) is 4.99 Å². The lowest BCUT2D eigenvalue weighted by atomic mass is 10.3. The van der Waals surface area contributed by atoms with Gasteiger partial charge in [-0.15, -0.1) is 24.0 Å². The first kappa shape index (κ1) is 22.2. The van der Waals surface area contributed by atoms with Crippen LogP contribution in [0.4, 0.5) is 0 Å². The second kappa shape index (κ2) is 13.4. The van der Waals surface area contributed by atoms with Crippen LogP contribution in [0.25, 0.3) is 0 Å². The number of guanidine groups is 1. The largest absolute Gasteiger partial charge is 0.475 e. The lowest BCUT2D eigenvalue weighted by molar-refractivity contribution is 0.0420. The molecule has 1 unspecified atom stereocenters. The van der Waals surface area contributed by atoms with Crippen LogP contribution >= 0.6 is 35.6 Å². The Morgan fingerprint density at radius 1 is 1.40 bits per heavy atom. The van der Waals surface area contributed by atoms with E-state index in [-0.39, 0.29) is 30.1 Å². The van der Waals surface area contributed by atoms with Gasteiger partial charge in [-0.2, -0.15) is 0 Å². The normalized spacial score (nSPS) is 17.0. The molecule has 1 aromatic rings. The van der Waals surface area contributed by atoms with Crippen molar-refractivity contribution >= 4 is 41.5 Å². The average Bonchev–Trinajstić information content (AvgIpc) is 3.11. The number of halogens is 2. The Kier molecular flexibility index (Phi) is 11.9. The summed E-state index contributed by atoms with van der Waals surface area (Å²) in [5, 5.41) is 6.92. The van der Waals surface area contributed by atoms with Crippen molar-refractivity contribution in [3.63, 3.8) is 0 Å². The number of aromatic nitrogens is 1. The van der Waals surface area contributed by atoms with Crippen LogP contribution in [-0.2, 0) is 9.47 Å². The van der Waals surface area contributed by atoms with Crippen LogP contribution in [-0.4, -0.2) is 63.6 Å². The molecule has 0 amide bonds. The smallest absolute Gasteiger partial charge is 0.232 e. The van der Waals surface area contributed by atoms with E-state index in [0.29, 0.717) is 24.1 Å². The van der Waals surface area contributed by atoms with Gasteiger partial charge in [-0.3, -0.25) is 4.99 Å². The van der Waals surface area contributed by atoms with Gasteiger partial charge in [-0.25, -0.2) is 4.98 Å². The van der Waals surface area contributed by atoms with E-state index < -0.39 is 0 Å². The van der Waals surface area contributed by atoms with Gasteiger partial charge in [0.15, 0.2) is 5.96 Å². The van der Waals surface area contributed by atoms with Gasteiger partial charge in [0, 0.05) is 33.0 Å². The van der Waals surface area contributed by atoms with Gasteiger partial charge in [0.2, 0.25) is 5.88 Å². The summed E-state index contributed by atoms with van der Waals surface area (Å²) >= 11 is 5.97. The van der Waals surface area contributed by atoms with Crippen molar-refractivity contribution in [2.45, 2.75) is 18.9 Å².